The summed E-state index contributed by atoms with van der Waals surface area (Å²) in [5, 5.41) is 0. The minimum absolute atomic E-state index is 0.501. The van der Waals surface area contributed by atoms with Crippen molar-refractivity contribution in [2.75, 3.05) is 19.6 Å². The van der Waals surface area contributed by atoms with Gasteiger partial charge in [0.1, 0.15) is 0 Å². The maximum absolute atomic E-state index is 5.68. The highest BCUT2D eigenvalue weighted by atomic mass is 15.2. The van der Waals surface area contributed by atoms with Crippen LogP contribution >= 0.6 is 0 Å². The number of likely N-dealkylation sites (tertiary alicyclic amines) is 1. The molecule has 2 rings (SSSR count). The average molecular weight is 193 g/mol. The second kappa shape index (κ2) is 4.15. The van der Waals surface area contributed by atoms with Crippen LogP contribution in [0.5, 0.6) is 0 Å². The summed E-state index contributed by atoms with van der Waals surface area (Å²) in [6.45, 7) is 5.41. The summed E-state index contributed by atoms with van der Waals surface area (Å²) in [5.74, 6) is 0.701. The number of hydrogen-bond acceptors (Lipinski definition) is 2. The molecule has 14 heavy (non-hydrogen) atoms. The second-order valence-corrected chi connectivity index (χ2v) is 4.19. The molecule has 1 saturated heterocycles. The Labute approximate surface area is 85.3 Å². The van der Waals surface area contributed by atoms with Crippen molar-refractivity contribution < 1.29 is 0 Å². The lowest BCUT2D eigenvalue weighted by atomic mass is 10.1. The van der Waals surface area contributed by atoms with Gasteiger partial charge in [-0.25, -0.2) is 0 Å². The summed E-state index contributed by atoms with van der Waals surface area (Å²) in [5.41, 5.74) is 6.99. The van der Waals surface area contributed by atoms with Gasteiger partial charge in [-0.15, -0.1) is 0 Å². The van der Waals surface area contributed by atoms with Gasteiger partial charge in [-0.05, 0) is 44.5 Å². The molecule has 0 amide bonds. The van der Waals surface area contributed by atoms with Gasteiger partial charge in [0.05, 0.1) is 0 Å². The fourth-order valence-corrected chi connectivity index (χ4v) is 2.21. The van der Waals surface area contributed by atoms with E-state index < -0.39 is 0 Å². The lowest BCUT2D eigenvalue weighted by Gasteiger charge is -2.23. The van der Waals surface area contributed by atoms with E-state index in [1.165, 1.54) is 18.7 Å². The van der Waals surface area contributed by atoms with Crippen LogP contribution in [0.2, 0.25) is 0 Å². The summed E-state index contributed by atoms with van der Waals surface area (Å²) in [4.78, 5) is 5.78. The first-order valence-electron chi connectivity index (χ1n) is 5.38. The Morgan fingerprint density at radius 1 is 1.71 bits per heavy atom. The Morgan fingerprint density at radius 3 is 3.14 bits per heavy atom. The second-order valence-electron chi connectivity index (χ2n) is 4.19. The fraction of sp³-hybridized carbons (Fsp3) is 0.636. The number of aromatic nitrogens is 1. The number of nitrogens with one attached hydrogen (secondary N) is 1. The highest BCUT2D eigenvalue weighted by Gasteiger charge is 2.25. The van der Waals surface area contributed by atoms with E-state index in [2.05, 4.69) is 28.9 Å². The third kappa shape index (κ3) is 1.83. The Balaban J connectivity index is 1.97. The molecule has 1 aromatic rings. The first-order chi connectivity index (χ1) is 6.81. The van der Waals surface area contributed by atoms with Gasteiger partial charge in [-0.3, -0.25) is 4.90 Å². The van der Waals surface area contributed by atoms with E-state index in [4.69, 9.17) is 5.73 Å². The molecular formula is C11H19N3. The van der Waals surface area contributed by atoms with Crippen molar-refractivity contribution in [3.05, 3.63) is 24.0 Å². The van der Waals surface area contributed by atoms with Crippen molar-refractivity contribution in [3.8, 4) is 0 Å². The van der Waals surface area contributed by atoms with E-state index in [1.54, 1.807) is 0 Å². The standard InChI is InChI=1S/C11H19N3/c1-9(11-3-2-5-13-11)14-6-4-10(7-12)8-14/h2-3,5,9-10,13H,4,6-8,12H2,1H3/t9-,10-/m0/s1. The molecule has 0 spiro atoms. The van der Waals surface area contributed by atoms with Gasteiger partial charge < -0.3 is 10.7 Å². The van der Waals surface area contributed by atoms with Gasteiger partial charge in [0.15, 0.2) is 0 Å². The molecule has 0 saturated carbocycles. The van der Waals surface area contributed by atoms with Crippen LogP contribution in [-0.2, 0) is 0 Å². The van der Waals surface area contributed by atoms with E-state index >= 15 is 0 Å². The third-order valence-electron chi connectivity index (χ3n) is 3.27. The van der Waals surface area contributed by atoms with Gasteiger partial charge in [0, 0.05) is 24.5 Å². The molecule has 0 aliphatic carbocycles. The highest BCUT2D eigenvalue weighted by Crippen LogP contribution is 2.25. The van der Waals surface area contributed by atoms with E-state index in [0.717, 1.165) is 13.1 Å². The topological polar surface area (TPSA) is 45.0 Å². The molecule has 2 atom stereocenters. The van der Waals surface area contributed by atoms with Crippen molar-refractivity contribution in [3.63, 3.8) is 0 Å². The number of rotatable bonds is 3. The van der Waals surface area contributed by atoms with E-state index in [0.29, 0.717) is 12.0 Å². The SMILES string of the molecule is C[C@@H](c1ccc[nH]1)N1CC[C@@H](CN)C1. The van der Waals surface area contributed by atoms with Crippen LogP contribution in [0.15, 0.2) is 18.3 Å². The van der Waals surface area contributed by atoms with Gasteiger partial charge in [0.2, 0.25) is 0 Å². The van der Waals surface area contributed by atoms with Crippen LogP contribution < -0.4 is 5.73 Å². The van der Waals surface area contributed by atoms with Crippen LogP contribution in [0.4, 0.5) is 0 Å². The smallest absolute Gasteiger partial charge is 0.0470 e. The third-order valence-corrected chi connectivity index (χ3v) is 3.27. The molecule has 78 valence electrons. The molecule has 0 unspecified atom stereocenters. The summed E-state index contributed by atoms with van der Waals surface area (Å²) in [6.07, 6.45) is 3.24. The molecular weight excluding hydrogens is 174 g/mol. The zero-order valence-corrected chi connectivity index (χ0v) is 8.74. The van der Waals surface area contributed by atoms with Crippen molar-refractivity contribution >= 4 is 0 Å². The Bertz CT molecular complexity index is 268. The van der Waals surface area contributed by atoms with Crippen LogP contribution in [0.25, 0.3) is 0 Å². The van der Waals surface area contributed by atoms with E-state index in [-0.39, 0.29) is 0 Å². The maximum Gasteiger partial charge on any atom is 0.0470 e. The molecule has 1 aromatic heterocycles. The summed E-state index contributed by atoms with van der Waals surface area (Å²) < 4.78 is 0. The molecule has 3 N–H and O–H groups in total. The number of nitrogens with zero attached hydrogens (tertiary/aromatic N) is 1. The van der Waals surface area contributed by atoms with E-state index in [1.807, 2.05) is 6.20 Å². The quantitative estimate of drug-likeness (QED) is 0.761. The van der Waals surface area contributed by atoms with Crippen LogP contribution in [0, 0.1) is 5.92 Å². The lowest BCUT2D eigenvalue weighted by molar-refractivity contribution is 0.250. The van der Waals surface area contributed by atoms with Gasteiger partial charge in [0.25, 0.3) is 0 Å². The predicted molar refractivity (Wildman–Crippen MR) is 57.9 cm³/mol. The van der Waals surface area contributed by atoms with Crippen molar-refractivity contribution in [2.45, 2.75) is 19.4 Å². The maximum atomic E-state index is 5.68. The van der Waals surface area contributed by atoms with Gasteiger partial charge in [-0.2, -0.15) is 0 Å². The number of hydrogen-bond donors (Lipinski definition) is 2. The molecule has 3 heteroatoms. The fourth-order valence-electron chi connectivity index (χ4n) is 2.21. The Morgan fingerprint density at radius 2 is 2.57 bits per heavy atom. The Kier molecular flexibility index (Phi) is 2.89. The summed E-state index contributed by atoms with van der Waals surface area (Å²) in [6, 6.07) is 4.71. The molecule has 3 nitrogen and oxygen atoms in total. The first-order valence-corrected chi connectivity index (χ1v) is 5.38. The van der Waals surface area contributed by atoms with Gasteiger partial charge >= 0.3 is 0 Å². The summed E-state index contributed by atoms with van der Waals surface area (Å²) >= 11 is 0. The first kappa shape index (κ1) is 9.74. The van der Waals surface area contributed by atoms with Crippen molar-refractivity contribution in [1.82, 2.24) is 9.88 Å². The number of aromatic amines is 1. The monoisotopic (exact) mass is 193 g/mol. The normalized spacial score (nSPS) is 25.4. The minimum Gasteiger partial charge on any atom is -0.364 e. The molecule has 0 radical (unpaired) electrons. The molecule has 1 aliphatic heterocycles. The van der Waals surface area contributed by atoms with Crippen LogP contribution in [0.3, 0.4) is 0 Å². The zero-order chi connectivity index (χ0) is 9.97. The molecule has 0 bridgehead atoms. The highest BCUT2D eigenvalue weighted by molar-refractivity contribution is 5.08. The lowest BCUT2D eigenvalue weighted by Crippen LogP contribution is -2.26. The zero-order valence-electron chi connectivity index (χ0n) is 8.74. The van der Waals surface area contributed by atoms with E-state index in [9.17, 15) is 0 Å². The molecule has 1 fully saturated rings. The molecule has 0 aromatic carbocycles. The predicted octanol–water partition coefficient (Wildman–Crippen LogP) is 1.36. The number of nitrogens with two attached hydrogens (primary N) is 1. The molecule has 1 aliphatic rings. The molecule has 2 heterocycles. The number of H-pyrrole nitrogens is 1. The van der Waals surface area contributed by atoms with Crippen LogP contribution in [0.1, 0.15) is 25.1 Å². The summed E-state index contributed by atoms with van der Waals surface area (Å²) in [7, 11) is 0. The van der Waals surface area contributed by atoms with Crippen LogP contribution in [-0.4, -0.2) is 29.5 Å². The van der Waals surface area contributed by atoms with Crippen molar-refractivity contribution in [2.24, 2.45) is 11.7 Å². The minimum atomic E-state index is 0.501. The van der Waals surface area contributed by atoms with Gasteiger partial charge in [-0.1, -0.05) is 0 Å². The Hall–Kier alpha value is -0.800. The largest absolute Gasteiger partial charge is 0.364 e. The van der Waals surface area contributed by atoms with Crippen molar-refractivity contribution in [1.29, 1.82) is 0 Å². The average Bonchev–Trinajstić information content (AvgIpc) is 2.88.